The minimum absolute atomic E-state index is 0.0232. The zero-order valence-electron chi connectivity index (χ0n) is 19.2. The van der Waals surface area contributed by atoms with Crippen LogP contribution in [0.2, 0.25) is 5.02 Å². The number of nitrogens with one attached hydrogen (secondary N) is 3. The monoisotopic (exact) mass is 518 g/mol. The molecule has 3 aromatic heterocycles. The van der Waals surface area contributed by atoms with E-state index >= 15 is 0 Å². The highest BCUT2D eigenvalue weighted by Gasteiger charge is 2.30. The highest BCUT2D eigenvalue weighted by Crippen LogP contribution is 2.31. The topological polar surface area (TPSA) is 108 Å². The van der Waals surface area contributed by atoms with E-state index < -0.39 is 0 Å². The molecule has 1 fully saturated rings. The molecule has 6 rings (SSSR count). The molecular weight excluding hydrogens is 496 g/mol. The third kappa shape index (κ3) is 4.95. The number of aromatic nitrogens is 4. The Hall–Kier alpha value is -3.76. The number of fused-ring (bicyclic) bond motifs is 6. The first-order valence-corrected chi connectivity index (χ1v) is 12.9. The number of rotatable bonds is 4. The van der Waals surface area contributed by atoms with Crippen molar-refractivity contribution in [3.05, 3.63) is 70.6 Å². The summed E-state index contributed by atoms with van der Waals surface area (Å²) < 4.78 is 0. The maximum atomic E-state index is 12.9. The smallest absolute Gasteiger partial charge is 0.229 e. The van der Waals surface area contributed by atoms with Gasteiger partial charge in [-0.3, -0.25) is 9.78 Å². The number of carbonyl (C=O) groups is 1. The Labute approximate surface area is 217 Å². The van der Waals surface area contributed by atoms with E-state index in [2.05, 4.69) is 40.8 Å². The van der Waals surface area contributed by atoms with Crippen molar-refractivity contribution in [2.75, 3.05) is 33.9 Å². The number of hydrogen-bond acceptors (Lipinski definition) is 9. The third-order valence-corrected chi connectivity index (χ3v) is 7.35. The summed E-state index contributed by atoms with van der Waals surface area (Å²) in [6.45, 7) is 1.71. The molecule has 5 heterocycles. The van der Waals surface area contributed by atoms with Crippen molar-refractivity contribution < 1.29 is 4.79 Å². The highest BCUT2D eigenvalue weighted by atomic mass is 35.5. The van der Waals surface area contributed by atoms with Gasteiger partial charge in [0.2, 0.25) is 11.9 Å². The molecule has 11 heteroatoms. The van der Waals surface area contributed by atoms with Gasteiger partial charge >= 0.3 is 0 Å². The number of pyridine rings is 1. The average Bonchev–Trinajstić information content (AvgIpc) is 3.37. The summed E-state index contributed by atoms with van der Waals surface area (Å²) in [6.07, 6.45) is 8.93. The fourth-order valence-corrected chi connectivity index (χ4v) is 5.25. The lowest BCUT2D eigenvalue weighted by molar-refractivity contribution is -0.117. The fraction of sp³-hybridized carbons (Fsp3) is 0.240. The van der Waals surface area contributed by atoms with Crippen molar-refractivity contribution in [2.24, 2.45) is 5.92 Å². The van der Waals surface area contributed by atoms with Gasteiger partial charge in [0.1, 0.15) is 5.02 Å². The fourth-order valence-electron chi connectivity index (χ4n) is 4.44. The lowest BCUT2D eigenvalue weighted by atomic mass is 9.96. The number of halogens is 1. The molecule has 1 aromatic carbocycles. The number of nitrogens with zero attached hydrogens (tertiary/aromatic N) is 5. The molecule has 2 aliphatic heterocycles. The van der Waals surface area contributed by atoms with Crippen molar-refractivity contribution in [2.45, 2.75) is 19.3 Å². The Morgan fingerprint density at radius 1 is 1.11 bits per heavy atom. The van der Waals surface area contributed by atoms with E-state index in [0.717, 1.165) is 59.3 Å². The second-order valence-electron chi connectivity index (χ2n) is 8.93. The van der Waals surface area contributed by atoms with E-state index in [0.29, 0.717) is 29.1 Å². The van der Waals surface area contributed by atoms with E-state index in [4.69, 9.17) is 11.6 Å². The summed E-state index contributed by atoms with van der Waals surface area (Å²) in [5.74, 6) is 1.27. The molecule has 0 atom stereocenters. The van der Waals surface area contributed by atoms with Crippen molar-refractivity contribution in [1.29, 1.82) is 0 Å². The SMILES string of the molecule is O=C(CC1CN(c2nccs2)C1)Nc1ccc2cc1CCc1cncc(c1)Nc1ncc(Cl)c(n1)N2. The van der Waals surface area contributed by atoms with Crippen LogP contribution in [0.3, 0.4) is 0 Å². The van der Waals surface area contributed by atoms with E-state index in [1.165, 1.54) is 0 Å². The van der Waals surface area contributed by atoms with Gasteiger partial charge in [-0.15, -0.1) is 11.3 Å². The molecule has 0 unspecified atom stereocenters. The summed E-state index contributed by atoms with van der Waals surface area (Å²) in [5, 5.41) is 13.0. The van der Waals surface area contributed by atoms with Crippen molar-refractivity contribution >= 4 is 62.8 Å². The summed E-state index contributed by atoms with van der Waals surface area (Å²) >= 11 is 7.98. The van der Waals surface area contributed by atoms with Gasteiger partial charge in [-0.25, -0.2) is 9.97 Å². The van der Waals surface area contributed by atoms with Crippen molar-refractivity contribution in [3.8, 4) is 0 Å². The molecule has 1 amide bonds. The Bertz CT molecular complexity index is 1410. The largest absolute Gasteiger partial charge is 0.347 e. The molecule has 2 aliphatic rings. The van der Waals surface area contributed by atoms with Crippen LogP contribution in [0.1, 0.15) is 17.5 Å². The first-order valence-electron chi connectivity index (χ1n) is 11.7. The number of amides is 1. The van der Waals surface area contributed by atoms with Crippen LogP contribution in [0.25, 0.3) is 0 Å². The maximum Gasteiger partial charge on any atom is 0.229 e. The molecule has 1 saturated heterocycles. The Morgan fingerprint density at radius 3 is 2.89 bits per heavy atom. The average molecular weight is 519 g/mol. The standard InChI is InChI=1S/C25H23ClN8OS/c26-20-12-29-24-31-19-7-15(10-27-11-19)1-2-17-9-18(30-23(20)33-24)3-4-21(17)32-22(35)8-16-13-34(14-16)25-28-5-6-36-25/h3-7,9-12,16H,1-2,8,13-14H2,(H,32,35)(H2,29,30,31,33). The van der Waals surface area contributed by atoms with Crippen LogP contribution < -0.4 is 20.9 Å². The minimum atomic E-state index is 0.0232. The van der Waals surface area contributed by atoms with Crippen molar-refractivity contribution in [3.63, 3.8) is 0 Å². The van der Waals surface area contributed by atoms with Gasteiger partial charge in [-0.2, -0.15) is 4.98 Å². The molecule has 0 aliphatic carbocycles. The molecular formula is C25H23ClN8OS. The van der Waals surface area contributed by atoms with Crippen LogP contribution in [0, 0.1) is 5.92 Å². The molecule has 182 valence electrons. The Morgan fingerprint density at radius 2 is 2.03 bits per heavy atom. The minimum Gasteiger partial charge on any atom is -0.347 e. The number of thiazole rings is 1. The molecule has 0 saturated carbocycles. The number of carbonyl (C=O) groups excluding carboxylic acids is 1. The van der Waals surface area contributed by atoms with Gasteiger partial charge < -0.3 is 20.9 Å². The van der Waals surface area contributed by atoms with E-state index in [9.17, 15) is 4.79 Å². The van der Waals surface area contributed by atoms with E-state index in [-0.39, 0.29) is 5.91 Å². The number of aryl methyl sites for hydroxylation is 2. The quantitative estimate of drug-likeness (QED) is 0.345. The number of hydrogen-bond donors (Lipinski definition) is 3. The number of anilines is 6. The Balaban J connectivity index is 1.21. The molecule has 36 heavy (non-hydrogen) atoms. The maximum absolute atomic E-state index is 12.9. The van der Waals surface area contributed by atoms with Crippen LogP contribution in [0.4, 0.5) is 34.0 Å². The van der Waals surface area contributed by atoms with Crippen LogP contribution in [0.5, 0.6) is 0 Å². The molecule has 9 nitrogen and oxygen atoms in total. The summed E-state index contributed by atoms with van der Waals surface area (Å²) in [4.78, 5) is 32.6. The van der Waals surface area contributed by atoms with Crippen LogP contribution in [0.15, 0.2) is 54.4 Å². The lowest BCUT2D eigenvalue weighted by Gasteiger charge is -2.38. The first kappa shape index (κ1) is 22.7. The lowest BCUT2D eigenvalue weighted by Crippen LogP contribution is -2.48. The molecule has 4 aromatic rings. The molecule has 0 spiro atoms. The van der Waals surface area contributed by atoms with Crippen molar-refractivity contribution in [1.82, 2.24) is 19.9 Å². The second-order valence-corrected chi connectivity index (χ2v) is 10.2. The summed E-state index contributed by atoms with van der Waals surface area (Å²) in [5.41, 5.74) is 4.53. The summed E-state index contributed by atoms with van der Waals surface area (Å²) in [7, 11) is 0. The van der Waals surface area contributed by atoms with Crippen LogP contribution in [-0.2, 0) is 17.6 Å². The molecule has 3 N–H and O–H groups in total. The van der Waals surface area contributed by atoms with Crippen LogP contribution in [-0.4, -0.2) is 38.9 Å². The van der Waals surface area contributed by atoms with Crippen LogP contribution >= 0.6 is 22.9 Å². The predicted octanol–water partition coefficient (Wildman–Crippen LogP) is 5.03. The zero-order valence-corrected chi connectivity index (χ0v) is 20.8. The van der Waals surface area contributed by atoms with Gasteiger partial charge in [0.05, 0.1) is 18.1 Å². The highest BCUT2D eigenvalue weighted by molar-refractivity contribution is 7.13. The molecule has 6 bridgehead atoms. The van der Waals surface area contributed by atoms with Gasteiger partial charge in [0.15, 0.2) is 10.9 Å². The molecule has 0 radical (unpaired) electrons. The normalized spacial score (nSPS) is 14.9. The Kier molecular flexibility index (Phi) is 6.12. The van der Waals surface area contributed by atoms with Gasteiger partial charge in [0, 0.05) is 54.6 Å². The first-order chi connectivity index (χ1) is 17.6. The zero-order chi connectivity index (χ0) is 24.5. The third-order valence-electron chi connectivity index (χ3n) is 6.24. The van der Waals surface area contributed by atoms with Gasteiger partial charge in [0.25, 0.3) is 0 Å². The number of benzene rings is 1. The predicted molar refractivity (Wildman–Crippen MR) is 143 cm³/mol. The summed E-state index contributed by atoms with van der Waals surface area (Å²) in [6, 6.07) is 7.91. The van der Waals surface area contributed by atoms with Gasteiger partial charge in [-0.1, -0.05) is 11.6 Å². The van der Waals surface area contributed by atoms with Gasteiger partial charge in [-0.05, 0) is 48.2 Å². The van der Waals surface area contributed by atoms with E-state index in [1.54, 1.807) is 23.7 Å². The van der Waals surface area contributed by atoms with E-state index in [1.807, 2.05) is 42.0 Å². The second kappa shape index (κ2) is 9.71.